The van der Waals surface area contributed by atoms with Crippen molar-refractivity contribution in [1.82, 2.24) is 9.88 Å². The quantitative estimate of drug-likeness (QED) is 0.702. The number of carbonyl (C=O) groups excluding carboxylic acids is 2. The summed E-state index contributed by atoms with van der Waals surface area (Å²) in [5.74, 6) is 0.908. The summed E-state index contributed by atoms with van der Waals surface area (Å²) in [7, 11) is 0. The van der Waals surface area contributed by atoms with Gasteiger partial charge in [-0.15, -0.1) is 0 Å². The zero-order valence-electron chi connectivity index (χ0n) is 15.8. The van der Waals surface area contributed by atoms with Crippen molar-refractivity contribution in [1.29, 1.82) is 0 Å². The van der Waals surface area contributed by atoms with Crippen molar-refractivity contribution in [2.45, 2.75) is 45.1 Å². The molecule has 0 bridgehead atoms. The second kappa shape index (κ2) is 9.31. The average molecular weight is 366 g/mol. The summed E-state index contributed by atoms with van der Waals surface area (Å²) in [5.41, 5.74) is 1.82. The van der Waals surface area contributed by atoms with Crippen molar-refractivity contribution in [3.05, 3.63) is 59.9 Å². The molecule has 1 saturated heterocycles. The molecule has 2 heterocycles. The molecule has 0 N–H and O–H groups in total. The molecule has 0 aliphatic carbocycles. The Kier molecular flexibility index (Phi) is 6.58. The maximum atomic E-state index is 12.4. The zero-order chi connectivity index (χ0) is 19.1. The van der Waals surface area contributed by atoms with E-state index in [1.165, 1.54) is 5.56 Å². The van der Waals surface area contributed by atoms with Crippen molar-refractivity contribution >= 4 is 11.7 Å². The summed E-state index contributed by atoms with van der Waals surface area (Å²) in [4.78, 5) is 30.3. The molecule has 1 aliphatic rings. The fourth-order valence-electron chi connectivity index (χ4n) is 3.30. The predicted molar refractivity (Wildman–Crippen MR) is 104 cm³/mol. The molecule has 0 radical (unpaired) electrons. The number of nitrogens with zero attached hydrogens (tertiary/aromatic N) is 2. The van der Waals surface area contributed by atoms with Gasteiger partial charge in [0.1, 0.15) is 11.9 Å². The van der Waals surface area contributed by atoms with Crippen LogP contribution in [0, 0.1) is 0 Å². The first-order chi connectivity index (χ1) is 13.2. The minimum Gasteiger partial charge on any atom is -0.490 e. The summed E-state index contributed by atoms with van der Waals surface area (Å²) >= 11 is 0. The highest BCUT2D eigenvalue weighted by atomic mass is 16.5. The lowest BCUT2D eigenvalue weighted by Crippen LogP contribution is -2.41. The van der Waals surface area contributed by atoms with Crippen LogP contribution in [0.25, 0.3) is 0 Å². The highest BCUT2D eigenvalue weighted by Gasteiger charge is 2.24. The van der Waals surface area contributed by atoms with E-state index in [2.05, 4.69) is 24.0 Å². The maximum absolute atomic E-state index is 12.4. The van der Waals surface area contributed by atoms with Crippen molar-refractivity contribution in [3.8, 4) is 5.75 Å². The normalized spacial score (nSPS) is 14.8. The predicted octanol–water partition coefficient (Wildman–Crippen LogP) is 3.68. The Morgan fingerprint density at radius 2 is 1.96 bits per heavy atom. The van der Waals surface area contributed by atoms with Crippen LogP contribution >= 0.6 is 0 Å². The van der Waals surface area contributed by atoms with E-state index >= 15 is 0 Å². The van der Waals surface area contributed by atoms with Gasteiger partial charge < -0.3 is 9.64 Å². The van der Waals surface area contributed by atoms with Gasteiger partial charge in [-0.05, 0) is 36.2 Å². The van der Waals surface area contributed by atoms with Gasteiger partial charge in [-0.2, -0.15) is 0 Å². The molecular weight excluding hydrogens is 340 g/mol. The molecule has 142 valence electrons. The van der Waals surface area contributed by atoms with E-state index in [4.69, 9.17) is 4.74 Å². The van der Waals surface area contributed by atoms with Gasteiger partial charge in [-0.1, -0.05) is 19.1 Å². The number of hydrogen-bond acceptors (Lipinski definition) is 4. The Labute approximate surface area is 160 Å². The number of pyridine rings is 1. The SMILES string of the molecule is CCc1cccc(OC2CCN(C(=O)CCC(=O)c3cccnc3)CC2)c1. The van der Waals surface area contributed by atoms with E-state index in [1.54, 1.807) is 24.5 Å². The zero-order valence-corrected chi connectivity index (χ0v) is 15.8. The number of likely N-dealkylation sites (tertiary alicyclic amines) is 1. The molecule has 5 heteroatoms. The van der Waals surface area contributed by atoms with Crippen LogP contribution < -0.4 is 4.74 Å². The molecule has 2 aromatic rings. The number of piperidine rings is 1. The largest absolute Gasteiger partial charge is 0.490 e. The molecular formula is C22H26N2O3. The Hall–Kier alpha value is -2.69. The number of ether oxygens (including phenoxy) is 1. The van der Waals surface area contributed by atoms with E-state index in [1.807, 2.05) is 17.0 Å². The molecule has 1 fully saturated rings. The summed E-state index contributed by atoms with van der Waals surface area (Å²) in [6.45, 7) is 3.48. The molecule has 1 amide bonds. The van der Waals surface area contributed by atoms with Gasteiger partial charge in [-0.3, -0.25) is 14.6 Å². The number of aromatic nitrogens is 1. The first kappa shape index (κ1) is 19.1. The fourth-order valence-corrected chi connectivity index (χ4v) is 3.30. The number of benzene rings is 1. The van der Waals surface area contributed by atoms with Gasteiger partial charge in [0.05, 0.1) is 0 Å². The summed E-state index contributed by atoms with van der Waals surface area (Å²) < 4.78 is 6.08. The summed E-state index contributed by atoms with van der Waals surface area (Å²) in [6, 6.07) is 11.7. The highest BCUT2D eigenvalue weighted by molar-refractivity contribution is 5.97. The van der Waals surface area contributed by atoms with E-state index in [9.17, 15) is 9.59 Å². The Balaban J connectivity index is 1.43. The van der Waals surface area contributed by atoms with E-state index < -0.39 is 0 Å². The molecule has 0 unspecified atom stereocenters. The number of ketones is 1. The number of hydrogen-bond donors (Lipinski definition) is 0. The monoisotopic (exact) mass is 366 g/mol. The number of rotatable bonds is 7. The van der Waals surface area contributed by atoms with E-state index in [0.29, 0.717) is 18.7 Å². The van der Waals surface area contributed by atoms with Crippen LogP contribution in [-0.2, 0) is 11.2 Å². The molecule has 1 aliphatic heterocycles. The first-order valence-corrected chi connectivity index (χ1v) is 9.62. The molecule has 0 atom stereocenters. The second-order valence-corrected chi connectivity index (χ2v) is 6.86. The van der Waals surface area contributed by atoms with Gasteiger partial charge >= 0.3 is 0 Å². The lowest BCUT2D eigenvalue weighted by Gasteiger charge is -2.32. The van der Waals surface area contributed by atoms with Crippen LogP contribution in [0.2, 0.25) is 0 Å². The van der Waals surface area contributed by atoms with Crippen molar-refractivity contribution in [2.24, 2.45) is 0 Å². The maximum Gasteiger partial charge on any atom is 0.223 e. The standard InChI is InChI=1S/C22H26N2O3/c1-2-17-5-3-7-20(15-17)27-19-10-13-24(14-11-19)22(26)9-8-21(25)18-6-4-12-23-16-18/h3-7,12,15-16,19H,2,8-11,13-14H2,1H3. The van der Waals surface area contributed by atoms with Gasteiger partial charge in [0.2, 0.25) is 5.91 Å². The van der Waals surface area contributed by atoms with Gasteiger partial charge in [0.15, 0.2) is 5.78 Å². The van der Waals surface area contributed by atoms with Crippen molar-refractivity contribution in [3.63, 3.8) is 0 Å². The third-order valence-electron chi connectivity index (χ3n) is 4.95. The fraction of sp³-hybridized carbons (Fsp3) is 0.409. The Bertz CT molecular complexity index is 768. The highest BCUT2D eigenvalue weighted by Crippen LogP contribution is 2.21. The molecule has 27 heavy (non-hydrogen) atoms. The topological polar surface area (TPSA) is 59.5 Å². The molecule has 0 saturated carbocycles. The van der Waals surface area contributed by atoms with E-state index in [-0.39, 0.29) is 30.6 Å². The van der Waals surface area contributed by atoms with Crippen molar-refractivity contribution < 1.29 is 14.3 Å². The van der Waals surface area contributed by atoms with Crippen LogP contribution in [0.5, 0.6) is 5.75 Å². The van der Waals surface area contributed by atoms with Crippen LogP contribution in [0.15, 0.2) is 48.8 Å². The molecule has 1 aromatic carbocycles. The summed E-state index contributed by atoms with van der Waals surface area (Å²) in [6.07, 6.45) is 6.41. The number of carbonyl (C=O) groups is 2. The molecule has 3 rings (SSSR count). The number of aryl methyl sites for hydroxylation is 1. The van der Waals surface area contributed by atoms with Crippen LogP contribution in [0.4, 0.5) is 0 Å². The lowest BCUT2D eigenvalue weighted by molar-refractivity contribution is -0.132. The first-order valence-electron chi connectivity index (χ1n) is 9.62. The van der Waals surface area contributed by atoms with Crippen LogP contribution in [-0.4, -0.2) is 40.8 Å². The Morgan fingerprint density at radius 3 is 2.67 bits per heavy atom. The number of Topliss-reactive ketones (excluding diaryl/α,β-unsaturated/α-hetero) is 1. The van der Waals surface area contributed by atoms with Gasteiger partial charge in [0.25, 0.3) is 0 Å². The molecule has 5 nitrogen and oxygen atoms in total. The van der Waals surface area contributed by atoms with Crippen LogP contribution in [0.3, 0.4) is 0 Å². The Morgan fingerprint density at radius 1 is 1.15 bits per heavy atom. The molecule has 0 spiro atoms. The minimum absolute atomic E-state index is 0.0366. The average Bonchev–Trinajstić information content (AvgIpc) is 2.73. The van der Waals surface area contributed by atoms with Crippen LogP contribution in [0.1, 0.15) is 48.5 Å². The summed E-state index contributed by atoms with van der Waals surface area (Å²) in [5, 5.41) is 0. The van der Waals surface area contributed by atoms with E-state index in [0.717, 1.165) is 25.0 Å². The lowest BCUT2D eigenvalue weighted by atomic mass is 10.0. The number of amides is 1. The third kappa shape index (κ3) is 5.39. The third-order valence-corrected chi connectivity index (χ3v) is 4.95. The second-order valence-electron chi connectivity index (χ2n) is 6.86. The smallest absolute Gasteiger partial charge is 0.223 e. The van der Waals surface area contributed by atoms with Crippen molar-refractivity contribution in [2.75, 3.05) is 13.1 Å². The molecule has 1 aromatic heterocycles. The van der Waals surface area contributed by atoms with Gasteiger partial charge in [-0.25, -0.2) is 0 Å². The van der Waals surface area contributed by atoms with Gasteiger partial charge in [0, 0.05) is 56.7 Å². The minimum atomic E-state index is -0.0366.